The molecule has 1 saturated heterocycles. The number of cyclic esters (lactones) is 1. The molecule has 2 N–H and O–H groups in total. The molecule has 15 heteroatoms. The molecule has 12 nitrogen and oxygen atoms in total. The summed E-state index contributed by atoms with van der Waals surface area (Å²) in [7, 11) is -8.13. The fourth-order valence-electron chi connectivity index (χ4n) is 11.7. The molecule has 3 aromatic carbocycles. The Morgan fingerprint density at radius 2 is 1.40 bits per heavy atom. The van der Waals surface area contributed by atoms with E-state index < -0.39 is 78.2 Å². The molecule has 0 aliphatic carbocycles. The van der Waals surface area contributed by atoms with Gasteiger partial charge in [0.15, 0.2) is 8.32 Å². The van der Waals surface area contributed by atoms with Gasteiger partial charge in [-0.25, -0.2) is 9.79 Å². The minimum atomic E-state index is -3.10. The van der Waals surface area contributed by atoms with Gasteiger partial charge in [0.05, 0.1) is 24.7 Å². The highest BCUT2D eigenvalue weighted by Gasteiger charge is 2.56. The van der Waals surface area contributed by atoms with Crippen molar-refractivity contribution in [1.29, 1.82) is 0 Å². The predicted molar refractivity (Wildman–Crippen MR) is 316 cm³/mol. The topological polar surface area (TPSA) is 152 Å². The number of hydrogen-bond donors (Lipinski definition) is 2. The van der Waals surface area contributed by atoms with Crippen LogP contribution in [-0.4, -0.2) is 89.6 Å². The molecular formula is C62H93NO11Si3. The smallest absolute Gasteiger partial charge is 0.342 e. The summed E-state index contributed by atoms with van der Waals surface area (Å²) in [5.41, 5.74) is 0.802. The van der Waals surface area contributed by atoms with Crippen LogP contribution in [0.3, 0.4) is 0 Å². The average molecular weight is 1110 g/mol. The van der Waals surface area contributed by atoms with Crippen LogP contribution in [0.25, 0.3) is 0 Å². The molecule has 3 heterocycles. The van der Waals surface area contributed by atoms with E-state index in [1.807, 2.05) is 52.8 Å². The van der Waals surface area contributed by atoms with Crippen LogP contribution < -0.4 is 19.5 Å². The van der Waals surface area contributed by atoms with Crippen molar-refractivity contribution in [3.63, 3.8) is 0 Å². The fraction of sp³-hybridized carbons (Fsp3) is 0.597. The van der Waals surface area contributed by atoms with Crippen LogP contribution in [0.1, 0.15) is 158 Å². The van der Waals surface area contributed by atoms with Gasteiger partial charge < -0.3 is 42.4 Å². The van der Waals surface area contributed by atoms with Crippen molar-refractivity contribution in [1.82, 2.24) is 0 Å². The monoisotopic (exact) mass is 1110 g/mol. The Morgan fingerprint density at radius 3 is 1.91 bits per heavy atom. The summed E-state index contributed by atoms with van der Waals surface area (Å²) < 4.78 is 47.0. The minimum absolute atomic E-state index is 0.00644. The van der Waals surface area contributed by atoms with Gasteiger partial charge in [0.2, 0.25) is 5.76 Å². The van der Waals surface area contributed by atoms with Gasteiger partial charge in [-0.3, -0.25) is 4.79 Å². The van der Waals surface area contributed by atoms with Crippen molar-refractivity contribution in [2.24, 2.45) is 16.3 Å². The number of esters is 2. The van der Waals surface area contributed by atoms with E-state index in [0.717, 1.165) is 16.1 Å². The molecule has 2 bridgehead atoms. The molecule has 1 unspecified atom stereocenters. The SMILES string of the molecule is CC(=O)Oc1cc(O[Si](C(C)C)(C(C)C)C(C)C)c2c(c1C)C[C@H]([C@H](C)[C@@H](O)C[C@@H](O)C(C)(C)[C@@H](C/C=C/N=C1OC3(C)COC(=C1O[Si](c1ccccc1)(c1ccccc1)C(C)(C)C)C3)O[Si](C)(C)C(C)(C)C)OC2=O. The van der Waals surface area contributed by atoms with E-state index in [1.54, 1.807) is 12.3 Å². The lowest BCUT2D eigenvalue weighted by atomic mass is 9.75. The molecule has 0 aromatic heterocycles. The van der Waals surface area contributed by atoms with Gasteiger partial charge in [-0.1, -0.05) is 171 Å². The second kappa shape index (κ2) is 23.3. The van der Waals surface area contributed by atoms with Gasteiger partial charge in [-0.2, -0.15) is 0 Å². The molecule has 77 heavy (non-hydrogen) atoms. The molecule has 3 aliphatic rings. The fourth-order valence-corrected chi connectivity index (χ4v) is 22.9. The number of carbonyl (C=O) groups excluding carboxylic acids is 2. The molecule has 3 aliphatic heterocycles. The Hall–Kier alpha value is -4.52. The number of ether oxygens (including phenoxy) is 4. The zero-order valence-corrected chi connectivity index (χ0v) is 53.2. The van der Waals surface area contributed by atoms with Crippen molar-refractivity contribution in [3.8, 4) is 11.5 Å². The second-order valence-electron chi connectivity index (χ2n) is 26.5. The van der Waals surface area contributed by atoms with Gasteiger partial charge in [0.1, 0.15) is 41.1 Å². The third-order valence-electron chi connectivity index (χ3n) is 17.5. The van der Waals surface area contributed by atoms with Crippen LogP contribution >= 0.6 is 0 Å². The van der Waals surface area contributed by atoms with Gasteiger partial charge in [-0.15, -0.1) is 0 Å². The first-order valence-electron chi connectivity index (χ1n) is 28.0. The minimum Gasteiger partial charge on any atom is -0.542 e. The van der Waals surface area contributed by atoms with Crippen LogP contribution in [0.2, 0.25) is 39.8 Å². The summed E-state index contributed by atoms with van der Waals surface area (Å²) in [6.45, 7) is 42.2. The number of aliphatic hydroxyl groups excluding tert-OH is 2. The van der Waals surface area contributed by atoms with E-state index in [4.69, 9.17) is 37.2 Å². The van der Waals surface area contributed by atoms with Gasteiger partial charge in [0.25, 0.3) is 14.2 Å². The predicted octanol–water partition coefficient (Wildman–Crippen LogP) is 13.0. The summed E-state index contributed by atoms with van der Waals surface area (Å²) >= 11 is 0. The zero-order chi connectivity index (χ0) is 57.4. The van der Waals surface area contributed by atoms with Crippen molar-refractivity contribution in [2.45, 2.75) is 220 Å². The number of aliphatic hydroxyl groups is 2. The summed E-state index contributed by atoms with van der Waals surface area (Å²) in [6.07, 6.45) is 1.58. The Kier molecular flexibility index (Phi) is 18.7. The highest BCUT2D eigenvalue weighted by molar-refractivity contribution is 6.99. The molecule has 0 amide bonds. The maximum Gasteiger partial charge on any atom is 0.342 e. The number of rotatable bonds is 21. The molecule has 0 spiro atoms. The lowest BCUT2D eigenvalue weighted by Crippen LogP contribution is -2.66. The number of carbonyl (C=O) groups is 2. The Morgan fingerprint density at radius 1 is 0.844 bits per heavy atom. The van der Waals surface area contributed by atoms with Crippen molar-refractivity contribution < 1.29 is 52.0 Å². The third-order valence-corrected chi connectivity index (χ3v) is 32.9. The Balaban J connectivity index is 1.29. The maximum absolute atomic E-state index is 14.3. The van der Waals surface area contributed by atoms with Crippen molar-refractivity contribution in [3.05, 3.63) is 107 Å². The first kappa shape index (κ1) is 61.7. The molecule has 6 atom stereocenters. The molecule has 0 saturated carbocycles. The summed E-state index contributed by atoms with van der Waals surface area (Å²) in [4.78, 5) is 31.8. The lowest BCUT2D eigenvalue weighted by Gasteiger charge is -2.46. The highest BCUT2D eigenvalue weighted by Crippen LogP contribution is 2.49. The van der Waals surface area contributed by atoms with E-state index in [-0.39, 0.29) is 39.5 Å². The van der Waals surface area contributed by atoms with Crippen LogP contribution in [-0.2, 0) is 34.3 Å². The second-order valence-corrected chi connectivity index (χ2v) is 40.8. The number of aliphatic imine (C=N–C) groups is 1. The zero-order valence-electron chi connectivity index (χ0n) is 50.2. The van der Waals surface area contributed by atoms with E-state index in [9.17, 15) is 19.8 Å². The first-order chi connectivity index (χ1) is 35.6. The molecule has 1 fully saturated rings. The van der Waals surface area contributed by atoms with E-state index >= 15 is 0 Å². The average Bonchev–Trinajstić information content (AvgIpc) is 3.66. The van der Waals surface area contributed by atoms with E-state index in [2.05, 4.69) is 145 Å². The Bertz CT molecular complexity index is 2600. The molecule has 3 aromatic rings. The molecule has 424 valence electrons. The maximum atomic E-state index is 14.3. The van der Waals surface area contributed by atoms with E-state index in [1.165, 1.54) is 6.92 Å². The normalized spacial score (nSPS) is 20.7. The number of fused-ring (bicyclic) bond motifs is 3. The van der Waals surface area contributed by atoms with Crippen molar-refractivity contribution in [2.75, 3.05) is 6.61 Å². The van der Waals surface area contributed by atoms with Crippen LogP contribution in [0.4, 0.5) is 0 Å². The first-order valence-corrected chi connectivity index (χ1v) is 35.0. The van der Waals surface area contributed by atoms with Crippen LogP contribution in [0.15, 0.2) is 95.5 Å². The summed E-state index contributed by atoms with van der Waals surface area (Å²) in [5.74, 6) is 0.687. The standard InChI is InChI=1S/C62H93NO11Si3/c1-39(2)76(40(3)4,41(5)6)72-51-36-50(69-44(9)64)42(7)47-34-49(70-58(67)55(47)51)43(8)48(65)35-53(66)61(16,17)54(73-75(19,20)59(10,11)12)32-27-33-63-57-56(52-37-62(18,71-57)38-68-52)74-77(60(13,14)15,45-28-23-21-24-29-45)46-30-25-22-26-31-46/h21-31,33,36,39-41,43,48-49,53-54,65-66H,32,34-35,37-38H2,1-20H3/b33-27+,63-57?/t43-,48+,49-,53-,54-,62?/m1/s1. The summed E-state index contributed by atoms with van der Waals surface area (Å²) in [5, 5.41) is 26.3. The van der Waals surface area contributed by atoms with Gasteiger partial charge in [0, 0.05) is 43.4 Å². The molecule has 6 rings (SSSR count). The quantitative estimate of drug-likeness (QED) is 0.0596. The number of hydrogen-bond acceptors (Lipinski definition) is 12. The largest absolute Gasteiger partial charge is 0.542 e. The summed E-state index contributed by atoms with van der Waals surface area (Å²) in [6, 6.07) is 22.6. The van der Waals surface area contributed by atoms with Crippen LogP contribution in [0, 0.1) is 18.3 Å². The third kappa shape index (κ3) is 12.6. The van der Waals surface area contributed by atoms with Crippen LogP contribution in [0.5, 0.6) is 11.5 Å². The number of nitrogens with zero attached hydrogens (tertiary/aromatic N) is 1. The van der Waals surface area contributed by atoms with Gasteiger partial charge >= 0.3 is 20.3 Å². The van der Waals surface area contributed by atoms with Gasteiger partial charge in [-0.05, 0) is 81.6 Å². The number of benzene rings is 3. The molecular weight excluding hydrogens is 1020 g/mol. The highest BCUT2D eigenvalue weighted by atomic mass is 28.4. The lowest BCUT2D eigenvalue weighted by molar-refractivity contribution is -0.131. The van der Waals surface area contributed by atoms with E-state index in [0.29, 0.717) is 59.3 Å². The Labute approximate surface area is 464 Å². The molecule has 0 radical (unpaired) electrons. The van der Waals surface area contributed by atoms with Crippen molar-refractivity contribution >= 4 is 53.2 Å².